The van der Waals surface area contributed by atoms with Gasteiger partial charge in [-0.15, -0.1) is 11.3 Å². The highest BCUT2D eigenvalue weighted by atomic mass is 32.1. The monoisotopic (exact) mass is 400 g/mol. The zero-order valence-corrected chi connectivity index (χ0v) is 17.4. The molecule has 1 aliphatic carbocycles. The maximum atomic E-state index is 12.7. The van der Waals surface area contributed by atoms with Crippen molar-refractivity contribution in [2.45, 2.75) is 51.9 Å². The molecule has 0 fully saturated rings. The molecule has 0 spiro atoms. The summed E-state index contributed by atoms with van der Waals surface area (Å²) in [5.41, 5.74) is 2.28. The smallest absolute Gasteiger partial charge is 0.256 e. The van der Waals surface area contributed by atoms with Gasteiger partial charge in [-0.2, -0.15) is 0 Å². The molecule has 0 radical (unpaired) electrons. The maximum Gasteiger partial charge on any atom is 0.256 e. The molecular formula is C22H28N2O3S. The van der Waals surface area contributed by atoms with E-state index in [9.17, 15) is 9.59 Å². The van der Waals surface area contributed by atoms with Gasteiger partial charge in [-0.3, -0.25) is 9.59 Å². The van der Waals surface area contributed by atoms with Crippen LogP contribution in [0.5, 0.6) is 5.75 Å². The Hall–Kier alpha value is -2.34. The van der Waals surface area contributed by atoms with Crippen molar-refractivity contribution in [1.82, 2.24) is 5.32 Å². The quantitative estimate of drug-likeness (QED) is 0.625. The minimum Gasteiger partial charge on any atom is -0.494 e. The van der Waals surface area contributed by atoms with Crippen molar-refractivity contribution < 1.29 is 14.3 Å². The molecule has 3 rings (SSSR count). The fourth-order valence-electron chi connectivity index (χ4n) is 3.44. The molecule has 2 aromatic rings. The molecule has 0 unspecified atom stereocenters. The highest BCUT2D eigenvalue weighted by molar-refractivity contribution is 7.17. The highest BCUT2D eigenvalue weighted by Gasteiger charge is 2.26. The molecule has 2 amide bonds. The number of amides is 2. The zero-order chi connectivity index (χ0) is 19.9. The summed E-state index contributed by atoms with van der Waals surface area (Å²) in [5.74, 6) is 0.428. The van der Waals surface area contributed by atoms with Crippen molar-refractivity contribution in [3.8, 4) is 5.75 Å². The summed E-state index contributed by atoms with van der Waals surface area (Å²) in [4.78, 5) is 26.3. The van der Waals surface area contributed by atoms with Gasteiger partial charge in [-0.1, -0.05) is 19.8 Å². The molecule has 1 heterocycles. The number of unbranched alkanes of at least 4 members (excludes halogenated alkanes) is 2. The Morgan fingerprint density at radius 3 is 2.54 bits per heavy atom. The lowest BCUT2D eigenvalue weighted by atomic mass is 9.95. The Morgan fingerprint density at radius 2 is 1.82 bits per heavy atom. The number of thiophene rings is 1. The van der Waals surface area contributed by atoms with E-state index in [1.54, 1.807) is 19.2 Å². The molecule has 5 nitrogen and oxygen atoms in total. The lowest BCUT2D eigenvalue weighted by Gasteiger charge is -2.12. The average molecular weight is 401 g/mol. The van der Waals surface area contributed by atoms with Gasteiger partial charge >= 0.3 is 0 Å². The number of hydrogen-bond acceptors (Lipinski definition) is 4. The van der Waals surface area contributed by atoms with Crippen molar-refractivity contribution in [3.63, 3.8) is 0 Å². The number of carbonyl (C=O) groups excluding carboxylic acids is 2. The Balaban J connectivity index is 1.71. The van der Waals surface area contributed by atoms with E-state index in [4.69, 9.17) is 4.74 Å². The van der Waals surface area contributed by atoms with Gasteiger partial charge < -0.3 is 15.4 Å². The highest BCUT2D eigenvalue weighted by Crippen LogP contribution is 2.38. The summed E-state index contributed by atoms with van der Waals surface area (Å²) in [6.45, 7) is 2.85. The van der Waals surface area contributed by atoms with Gasteiger partial charge in [0.15, 0.2) is 0 Å². The van der Waals surface area contributed by atoms with Gasteiger partial charge in [-0.05, 0) is 61.9 Å². The van der Waals surface area contributed by atoms with Crippen LogP contribution in [0.3, 0.4) is 0 Å². The fraction of sp³-hybridized carbons (Fsp3) is 0.455. The molecule has 6 heteroatoms. The molecule has 28 heavy (non-hydrogen) atoms. The fourth-order valence-corrected chi connectivity index (χ4v) is 4.72. The van der Waals surface area contributed by atoms with Gasteiger partial charge in [0.2, 0.25) is 0 Å². The van der Waals surface area contributed by atoms with Crippen molar-refractivity contribution in [1.29, 1.82) is 0 Å². The molecule has 0 bridgehead atoms. The summed E-state index contributed by atoms with van der Waals surface area (Å²) in [5, 5.41) is 6.31. The number of anilines is 1. The Morgan fingerprint density at radius 1 is 1.07 bits per heavy atom. The third kappa shape index (κ3) is 4.73. The van der Waals surface area contributed by atoms with Gasteiger partial charge in [0.25, 0.3) is 11.8 Å². The van der Waals surface area contributed by atoms with Crippen LogP contribution in [-0.4, -0.2) is 25.5 Å². The second kappa shape index (κ2) is 9.73. The number of ether oxygens (including phenoxy) is 1. The van der Waals surface area contributed by atoms with E-state index in [1.807, 2.05) is 12.1 Å². The first-order chi connectivity index (χ1) is 13.6. The van der Waals surface area contributed by atoms with Crippen molar-refractivity contribution in [2.24, 2.45) is 0 Å². The molecule has 0 saturated carbocycles. The number of carbonyl (C=O) groups is 2. The first-order valence-electron chi connectivity index (χ1n) is 10.0. The largest absolute Gasteiger partial charge is 0.494 e. The van der Waals surface area contributed by atoms with Crippen LogP contribution in [0, 0.1) is 0 Å². The van der Waals surface area contributed by atoms with E-state index in [-0.39, 0.29) is 11.8 Å². The molecule has 2 N–H and O–H groups in total. The third-order valence-corrected chi connectivity index (χ3v) is 6.19. The van der Waals surface area contributed by atoms with Crippen molar-refractivity contribution in [3.05, 3.63) is 45.8 Å². The molecule has 0 atom stereocenters. The van der Waals surface area contributed by atoms with Crippen LogP contribution in [0.25, 0.3) is 0 Å². The number of benzene rings is 1. The molecule has 1 aromatic carbocycles. The molecule has 1 aromatic heterocycles. The van der Waals surface area contributed by atoms with Crippen LogP contribution in [-0.2, 0) is 12.8 Å². The third-order valence-electron chi connectivity index (χ3n) is 4.99. The Kier molecular flexibility index (Phi) is 7.09. The first kappa shape index (κ1) is 20.4. The van der Waals surface area contributed by atoms with E-state index in [0.29, 0.717) is 22.7 Å². The molecule has 1 aliphatic rings. The van der Waals surface area contributed by atoms with Crippen LogP contribution in [0.4, 0.5) is 5.00 Å². The van der Waals surface area contributed by atoms with Gasteiger partial charge in [0.05, 0.1) is 12.2 Å². The van der Waals surface area contributed by atoms with Gasteiger partial charge in [-0.25, -0.2) is 0 Å². The first-order valence-corrected chi connectivity index (χ1v) is 10.9. The second-order valence-corrected chi connectivity index (χ2v) is 8.13. The summed E-state index contributed by atoms with van der Waals surface area (Å²) in [6.07, 6.45) is 7.43. The maximum absolute atomic E-state index is 12.7. The van der Waals surface area contributed by atoms with Crippen LogP contribution in [0.1, 0.15) is 70.2 Å². The van der Waals surface area contributed by atoms with Crippen LogP contribution in [0.15, 0.2) is 24.3 Å². The Bertz CT molecular complexity index is 827. The molecule has 150 valence electrons. The predicted octanol–water partition coefficient (Wildman–Crippen LogP) is 4.81. The van der Waals surface area contributed by atoms with Crippen LogP contribution < -0.4 is 15.4 Å². The molecular weight excluding hydrogens is 372 g/mol. The van der Waals surface area contributed by atoms with E-state index in [1.165, 1.54) is 16.2 Å². The van der Waals surface area contributed by atoms with E-state index < -0.39 is 0 Å². The summed E-state index contributed by atoms with van der Waals surface area (Å²) in [6, 6.07) is 7.16. The number of aryl methyl sites for hydroxylation is 1. The van der Waals surface area contributed by atoms with Crippen LogP contribution in [0.2, 0.25) is 0 Å². The lowest BCUT2D eigenvalue weighted by molar-refractivity contribution is 0.0963. The minimum atomic E-state index is -0.207. The number of fused-ring (bicyclic) bond motifs is 1. The lowest BCUT2D eigenvalue weighted by Crippen LogP contribution is -2.22. The molecule has 0 saturated heterocycles. The second-order valence-electron chi connectivity index (χ2n) is 7.03. The number of rotatable bonds is 8. The summed E-state index contributed by atoms with van der Waals surface area (Å²) >= 11 is 1.53. The average Bonchev–Trinajstić information content (AvgIpc) is 3.09. The number of nitrogens with one attached hydrogen (secondary N) is 2. The summed E-state index contributed by atoms with van der Waals surface area (Å²) in [7, 11) is 1.63. The number of hydrogen-bond donors (Lipinski definition) is 2. The molecule has 0 aliphatic heterocycles. The van der Waals surface area contributed by atoms with E-state index in [2.05, 4.69) is 17.6 Å². The van der Waals surface area contributed by atoms with Crippen molar-refractivity contribution in [2.75, 3.05) is 19.0 Å². The van der Waals surface area contributed by atoms with E-state index >= 15 is 0 Å². The standard InChI is InChI=1S/C22H28N2O3S/c1-3-4-7-14-27-16-12-10-15(11-13-16)20(25)24-22-19(21(26)23-2)17-8-5-6-9-18(17)28-22/h10-13H,3-9,14H2,1-2H3,(H,23,26)(H,24,25). The normalized spacial score (nSPS) is 12.9. The topological polar surface area (TPSA) is 67.4 Å². The van der Waals surface area contributed by atoms with Crippen molar-refractivity contribution >= 4 is 28.2 Å². The zero-order valence-electron chi connectivity index (χ0n) is 16.6. The minimum absolute atomic E-state index is 0.134. The van der Waals surface area contributed by atoms with E-state index in [0.717, 1.165) is 56.3 Å². The SMILES string of the molecule is CCCCCOc1ccc(C(=O)Nc2sc3c(c2C(=O)NC)CCCC3)cc1. The van der Waals surface area contributed by atoms with Gasteiger partial charge in [0, 0.05) is 17.5 Å². The van der Waals surface area contributed by atoms with Gasteiger partial charge in [0.1, 0.15) is 10.8 Å². The summed E-state index contributed by atoms with van der Waals surface area (Å²) < 4.78 is 5.70. The predicted molar refractivity (Wildman–Crippen MR) is 114 cm³/mol. The Labute approximate surface area is 170 Å². The van der Waals surface area contributed by atoms with Crippen LogP contribution >= 0.6 is 11.3 Å².